The molecule has 0 spiro atoms. The molecule has 0 aromatic heterocycles. The van der Waals surface area contributed by atoms with Gasteiger partial charge in [0.05, 0.1) is 33.0 Å². The van der Waals surface area contributed by atoms with Crippen LogP contribution in [0, 0.1) is 0 Å². The minimum Gasteiger partial charge on any atom is -0.508 e. The Kier molecular flexibility index (Phi) is 34.2. The number of phenols is 2. The van der Waals surface area contributed by atoms with Crippen LogP contribution in [0.2, 0.25) is 0 Å². The Morgan fingerprint density at radius 3 is 1.47 bits per heavy atom. The van der Waals surface area contributed by atoms with E-state index >= 15 is 0 Å². The van der Waals surface area contributed by atoms with Gasteiger partial charge >= 0.3 is 0 Å². The summed E-state index contributed by atoms with van der Waals surface area (Å²) in [6.07, 6.45) is 4.86. The van der Waals surface area contributed by atoms with Gasteiger partial charge in [-0.2, -0.15) is 0 Å². The lowest BCUT2D eigenvalue weighted by Gasteiger charge is -2.08. The number of aliphatic hydroxyl groups is 2. The molecule has 0 aliphatic carbocycles. The zero-order chi connectivity index (χ0) is 35.4. The third-order valence-electron chi connectivity index (χ3n) is 5.23. The first-order chi connectivity index (χ1) is 22.9. The van der Waals surface area contributed by atoms with E-state index in [4.69, 9.17) is 44.6 Å². The molecule has 0 saturated carbocycles. The van der Waals surface area contributed by atoms with Crippen molar-refractivity contribution in [2.45, 2.75) is 19.3 Å². The maximum atomic E-state index is 10.3. The predicted octanol–water partition coefficient (Wildman–Crippen LogP) is 3.84. The molecule has 0 unspecified atom stereocenters. The molecular formula is C33H48O13S. The van der Waals surface area contributed by atoms with Gasteiger partial charge < -0.3 is 49.0 Å². The van der Waals surface area contributed by atoms with Crippen molar-refractivity contribution in [1.29, 1.82) is 0 Å². The predicted molar refractivity (Wildman–Crippen MR) is 178 cm³/mol. The van der Waals surface area contributed by atoms with Crippen LogP contribution < -0.4 is 4.74 Å². The number of carbonyl (C=O) groups excluding carboxylic acids is 2. The molecule has 14 heteroatoms. The van der Waals surface area contributed by atoms with Gasteiger partial charge in [0.1, 0.15) is 36.4 Å². The van der Waals surface area contributed by atoms with E-state index in [1.807, 2.05) is 24.3 Å². The number of phenolic OH excluding ortho intramolecular Hbond substituents is 2. The SMILES string of the molecule is CO.COCCOCCOCCOc1ccc(CC=O)cc1.CSOOO.O=CCc1ccc(O)cc1.OCCc1ccc(O)cc1. The third-order valence-corrected chi connectivity index (χ3v) is 5.43. The average Bonchev–Trinajstić information content (AvgIpc) is 3.09. The van der Waals surface area contributed by atoms with Crippen LogP contribution in [-0.4, -0.2) is 105 Å². The van der Waals surface area contributed by atoms with Gasteiger partial charge in [0.25, 0.3) is 0 Å². The fraction of sp³-hybridized carbons (Fsp3) is 0.394. The highest BCUT2D eigenvalue weighted by Crippen LogP contribution is 2.12. The molecule has 0 amide bonds. The number of rotatable bonds is 18. The van der Waals surface area contributed by atoms with Crippen molar-refractivity contribution in [3.8, 4) is 17.2 Å². The molecule has 0 atom stereocenters. The first kappa shape index (κ1) is 45.6. The average molecular weight is 685 g/mol. The molecule has 3 aromatic rings. The highest BCUT2D eigenvalue weighted by Gasteiger charge is 1.96. The summed E-state index contributed by atoms with van der Waals surface area (Å²) >= 11 is 0.929. The molecule has 0 aliphatic heterocycles. The van der Waals surface area contributed by atoms with Gasteiger partial charge in [-0.3, -0.25) is 0 Å². The van der Waals surface area contributed by atoms with Crippen LogP contribution in [0.5, 0.6) is 17.2 Å². The van der Waals surface area contributed by atoms with E-state index < -0.39 is 0 Å². The van der Waals surface area contributed by atoms with Gasteiger partial charge in [0.2, 0.25) is 0 Å². The van der Waals surface area contributed by atoms with E-state index in [-0.39, 0.29) is 18.1 Å². The summed E-state index contributed by atoms with van der Waals surface area (Å²) in [7, 11) is 2.64. The lowest BCUT2D eigenvalue weighted by Crippen LogP contribution is -2.12. The molecule has 0 heterocycles. The molecule has 264 valence electrons. The number of aromatic hydroxyl groups is 2. The van der Waals surface area contributed by atoms with Gasteiger partial charge in [0, 0.05) is 52.0 Å². The van der Waals surface area contributed by atoms with Crippen LogP contribution in [-0.2, 0) is 52.4 Å². The topological polar surface area (TPSA) is 191 Å². The second-order valence-electron chi connectivity index (χ2n) is 8.57. The Hall–Kier alpha value is -3.57. The van der Waals surface area contributed by atoms with Crippen LogP contribution >= 0.6 is 12.0 Å². The minimum atomic E-state index is 0.158. The Labute approximate surface area is 280 Å². The van der Waals surface area contributed by atoms with E-state index in [0.29, 0.717) is 58.9 Å². The maximum Gasteiger partial charge on any atom is 0.124 e. The number of hydrogen-bond acceptors (Lipinski definition) is 14. The van der Waals surface area contributed by atoms with Crippen molar-refractivity contribution in [3.63, 3.8) is 0 Å². The van der Waals surface area contributed by atoms with Crippen molar-refractivity contribution < 1.29 is 63.6 Å². The Balaban J connectivity index is 0. The summed E-state index contributed by atoms with van der Waals surface area (Å²) in [5.74, 6) is 1.27. The largest absolute Gasteiger partial charge is 0.508 e. The van der Waals surface area contributed by atoms with Crippen LogP contribution in [0.4, 0.5) is 0 Å². The molecule has 0 saturated heterocycles. The van der Waals surface area contributed by atoms with Gasteiger partial charge in [0.15, 0.2) is 0 Å². The first-order valence-electron chi connectivity index (χ1n) is 14.3. The third kappa shape index (κ3) is 29.6. The Morgan fingerprint density at radius 1 is 0.660 bits per heavy atom. The molecule has 13 nitrogen and oxygen atoms in total. The lowest BCUT2D eigenvalue weighted by molar-refractivity contribution is -0.432. The molecule has 0 fully saturated rings. The van der Waals surface area contributed by atoms with Crippen LogP contribution in [0.3, 0.4) is 0 Å². The summed E-state index contributed by atoms with van der Waals surface area (Å²) in [6.45, 7) is 3.46. The van der Waals surface area contributed by atoms with Crippen LogP contribution in [0.15, 0.2) is 72.8 Å². The van der Waals surface area contributed by atoms with E-state index in [0.717, 1.165) is 54.2 Å². The van der Waals surface area contributed by atoms with Gasteiger partial charge in [-0.1, -0.05) is 41.4 Å². The standard InChI is InChI=1S/C15H22O5.C8H10O2.C8H8O2.CH4O3S.CH4O/c1-17-8-9-18-10-11-19-12-13-20-15-4-2-14(3-5-15)6-7-16;2*9-6-5-7-1-3-8(10)4-2-7;1-5-4-3-2;1-2/h2-5,7H,6,8-13H2,1H3;1-4,9-10H,5-6H2;1-4,6,10H,5H2;2H,1H3;2H,1H3. The van der Waals surface area contributed by atoms with Gasteiger partial charge in [-0.05, 0) is 59.5 Å². The van der Waals surface area contributed by atoms with Crippen molar-refractivity contribution in [2.75, 3.05) is 66.7 Å². The van der Waals surface area contributed by atoms with Gasteiger partial charge in [-0.15, -0.1) is 4.33 Å². The molecule has 3 rings (SSSR count). The smallest absolute Gasteiger partial charge is 0.124 e. The number of carbonyl (C=O) groups is 2. The van der Waals surface area contributed by atoms with Crippen molar-refractivity contribution in [3.05, 3.63) is 89.5 Å². The fourth-order valence-corrected chi connectivity index (χ4v) is 3.11. The molecular weight excluding hydrogens is 636 g/mol. The Bertz CT molecular complexity index is 1080. The zero-order valence-electron chi connectivity index (χ0n) is 27.1. The normalized spacial score (nSPS) is 9.49. The first-order valence-corrected chi connectivity index (χ1v) is 15.4. The van der Waals surface area contributed by atoms with E-state index in [1.165, 1.54) is 0 Å². The maximum absolute atomic E-state index is 10.3. The summed E-state index contributed by atoms with van der Waals surface area (Å²) in [5, 5.41) is 43.7. The zero-order valence-corrected chi connectivity index (χ0v) is 27.9. The number of aldehydes is 2. The van der Waals surface area contributed by atoms with Crippen LogP contribution in [0.25, 0.3) is 0 Å². The monoisotopic (exact) mass is 684 g/mol. The number of aliphatic hydroxyl groups excluding tert-OH is 2. The molecule has 0 radical (unpaired) electrons. The number of hydrogen-bond donors (Lipinski definition) is 5. The van der Waals surface area contributed by atoms with Crippen LogP contribution in [0.1, 0.15) is 16.7 Å². The molecule has 47 heavy (non-hydrogen) atoms. The minimum absolute atomic E-state index is 0.158. The van der Waals surface area contributed by atoms with E-state index in [2.05, 4.69) is 9.37 Å². The fourth-order valence-electron chi connectivity index (χ4n) is 3.05. The number of ether oxygens (including phenoxy) is 4. The van der Waals surface area contributed by atoms with Crippen molar-refractivity contribution in [1.82, 2.24) is 0 Å². The highest BCUT2D eigenvalue weighted by molar-refractivity contribution is 7.93. The summed E-state index contributed by atoms with van der Waals surface area (Å²) < 4.78 is 24.8. The van der Waals surface area contributed by atoms with E-state index in [9.17, 15) is 9.59 Å². The van der Waals surface area contributed by atoms with Crippen molar-refractivity contribution in [2.24, 2.45) is 0 Å². The Morgan fingerprint density at radius 2 is 1.09 bits per heavy atom. The number of methoxy groups -OCH3 is 1. The second-order valence-corrected chi connectivity index (χ2v) is 9.04. The second kappa shape index (κ2) is 35.3. The molecule has 0 bridgehead atoms. The molecule has 5 N–H and O–H groups in total. The summed E-state index contributed by atoms with van der Waals surface area (Å²) in [5.41, 5.74) is 2.95. The van der Waals surface area contributed by atoms with Crippen molar-refractivity contribution >= 4 is 24.6 Å². The quantitative estimate of drug-likeness (QED) is 0.0427. The number of benzene rings is 3. The lowest BCUT2D eigenvalue weighted by atomic mass is 10.2. The summed E-state index contributed by atoms with van der Waals surface area (Å²) in [4.78, 5) is 20.3. The highest BCUT2D eigenvalue weighted by atomic mass is 32.2. The summed E-state index contributed by atoms with van der Waals surface area (Å²) in [6, 6.07) is 20.9. The van der Waals surface area contributed by atoms with Gasteiger partial charge in [-0.25, -0.2) is 5.26 Å². The van der Waals surface area contributed by atoms with E-state index in [1.54, 1.807) is 61.9 Å². The molecule has 0 aliphatic rings. The molecule has 3 aromatic carbocycles.